The Bertz CT molecular complexity index is 1020. The van der Waals surface area contributed by atoms with Gasteiger partial charge in [0, 0.05) is 12.8 Å². The Kier molecular flexibility index (Phi) is 37.6. The van der Waals surface area contributed by atoms with Gasteiger partial charge < -0.3 is 28.5 Å². The van der Waals surface area contributed by atoms with Crippen LogP contribution < -0.4 is 0 Å². The van der Waals surface area contributed by atoms with Crippen LogP contribution in [-0.4, -0.2) is 87.4 Å². The fraction of sp³-hybridized carbons (Fsp3) is 0.809. The zero-order valence-corrected chi connectivity index (χ0v) is 36.8. The van der Waals surface area contributed by atoms with E-state index in [0.29, 0.717) is 23.9 Å². The molecule has 326 valence electrons. The van der Waals surface area contributed by atoms with Crippen LogP contribution in [0.4, 0.5) is 0 Å². The third kappa shape index (κ3) is 39.7. The average molecular weight is 793 g/mol. The van der Waals surface area contributed by atoms with E-state index >= 15 is 0 Å². The molecular formula is C47H86NO8+. The summed E-state index contributed by atoms with van der Waals surface area (Å²) in [6.45, 7) is 4.73. The topological polar surface area (TPSA) is 108 Å². The fourth-order valence-electron chi connectivity index (χ4n) is 6.14. The standard InChI is InChI=1S/C47H85NO8/c1-6-8-10-12-14-16-18-20-21-22-23-24-26-27-29-31-33-35-37-44(49)54-41-43(42-55-47(46(51)52)53-40-39-48(3,4)5)56-45(50)38-36-34-32-30-28-25-19-17-15-13-11-9-7-2/h9,11,15,17,25,28,43,47H,6-8,10,12-14,16,18-24,26-27,29-42H2,1-5H3/p+1/b11-9-,17-15-,28-25-. The first kappa shape index (κ1) is 53.5. The minimum atomic E-state index is -1.51. The number of hydrogen-bond donors (Lipinski definition) is 1. The largest absolute Gasteiger partial charge is 0.477 e. The monoisotopic (exact) mass is 793 g/mol. The van der Waals surface area contributed by atoms with Crippen molar-refractivity contribution in [2.45, 2.75) is 200 Å². The van der Waals surface area contributed by atoms with Gasteiger partial charge in [-0.1, -0.05) is 166 Å². The van der Waals surface area contributed by atoms with Gasteiger partial charge in [0.25, 0.3) is 6.29 Å². The minimum Gasteiger partial charge on any atom is -0.477 e. The van der Waals surface area contributed by atoms with E-state index in [-0.39, 0.29) is 32.2 Å². The van der Waals surface area contributed by atoms with Gasteiger partial charge in [0.05, 0.1) is 34.4 Å². The SMILES string of the molecule is CC/C=C\C/C=C\C/C=C\CCCCCC(=O)OC(COC(=O)CCCCCCCCCCCCCCCCCCCC)COC(OCC[N+](C)(C)C)C(=O)O. The van der Waals surface area contributed by atoms with E-state index in [4.69, 9.17) is 18.9 Å². The molecule has 0 rings (SSSR count). The summed E-state index contributed by atoms with van der Waals surface area (Å²) in [4.78, 5) is 37.1. The summed E-state index contributed by atoms with van der Waals surface area (Å²) in [5.74, 6) is -2.04. The van der Waals surface area contributed by atoms with Gasteiger partial charge in [-0.15, -0.1) is 0 Å². The lowest BCUT2D eigenvalue weighted by Crippen LogP contribution is -2.40. The van der Waals surface area contributed by atoms with Crippen LogP contribution in [0.15, 0.2) is 36.5 Å². The highest BCUT2D eigenvalue weighted by Crippen LogP contribution is 2.15. The maximum Gasteiger partial charge on any atom is 0.361 e. The number of carboxylic acids is 1. The third-order valence-electron chi connectivity index (χ3n) is 9.66. The van der Waals surface area contributed by atoms with Crippen molar-refractivity contribution in [3.63, 3.8) is 0 Å². The second-order valence-corrected chi connectivity index (χ2v) is 16.3. The number of hydrogen-bond acceptors (Lipinski definition) is 7. The zero-order chi connectivity index (χ0) is 41.4. The molecule has 0 aliphatic carbocycles. The van der Waals surface area contributed by atoms with Crippen LogP contribution in [0.3, 0.4) is 0 Å². The molecule has 2 unspecified atom stereocenters. The van der Waals surface area contributed by atoms with Crippen molar-refractivity contribution in [2.24, 2.45) is 0 Å². The molecule has 0 aromatic carbocycles. The molecule has 0 aliphatic rings. The maximum absolute atomic E-state index is 12.7. The summed E-state index contributed by atoms with van der Waals surface area (Å²) in [6, 6.07) is 0. The highest BCUT2D eigenvalue weighted by Gasteiger charge is 2.25. The van der Waals surface area contributed by atoms with E-state index in [1.807, 2.05) is 21.1 Å². The predicted octanol–water partition coefficient (Wildman–Crippen LogP) is 11.8. The Morgan fingerprint density at radius 1 is 0.554 bits per heavy atom. The van der Waals surface area contributed by atoms with E-state index in [1.54, 1.807) is 0 Å². The fourth-order valence-corrected chi connectivity index (χ4v) is 6.14. The number of esters is 2. The van der Waals surface area contributed by atoms with Crippen LogP contribution in [0.2, 0.25) is 0 Å². The number of likely N-dealkylation sites (N-methyl/N-ethyl adjacent to an activating group) is 1. The van der Waals surface area contributed by atoms with E-state index in [0.717, 1.165) is 57.8 Å². The number of rotatable bonds is 41. The zero-order valence-electron chi connectivity index (χ0n) is 36.8. The molecule has 0 saturated carbocycles. The van der Waals surface area contributed by atoms with Crippen LogP contribution in [-0.2, 0) is 33.3 Å². The molecule has 0 aromatic rings. The number of unbranched alkanes of at least 4 members (excludes halogenated alkanes) is 20. The van der Waals surface area contributed by atoms with Crippen molar-refractivity contribution < 1.29 is 42.9 Å². The first-order valence-electron chi connectivity index (χ1n) is 22.7. The molecular weight excluding hydrogens is 707 g/mol. The van der Waals surface area contributed by atoms with E-state index in [9.17, 15) is 19.5 Å². The molecule has 1 N–H and O–H groups in total. The highest BCUT2D eigenvalue weighted by atomic mass is 16.7. The van der Waals surface area contributed by atoms with Gasteiger partial charge in [0.1, 0.15) is 13.2 Å². The lowest BCUT2D eigenvalue weighted by Gasteiger charge is -2.25. The molecule has 9 heteroatoms. The lowest BCUT2D eigenvalue weighted by atomic mass is 10.0. The van der Waals surface area contributed by atoms with Gasteiger partial charge in [-0.2, -0.15) is 0 Å². The van der Waals surface area contributed by atoms with Crippen molar-refractivity contribution >= 4 is 17.9 Å². The van der Waals surface area contributed by atoms with Crippen molar-refractivity contribution in [2.75, 3.05) is 47.5 Å². The van der Waals surface area contributed by atoms with E-state index in [2.05, 4.69) is 50.3 Å². The molecule has 0 spiro atoms. The lowest BCUT2D eigenvalue weighted by molar-refractivity contribution is -0.870. The first-order chi connectivity index (χ1) is 27.1. The van der Waals surface area contributed by atoms with Gasteiger partial charge in [0.2, 0.25) is 0 Å². The van der Waals surface area contributed by atoms with Gasteiger partial charge in [-0.05, 0) is 44.9 Å². The molecule has 0 bridgehead atoms. The summed E-state index contributed by atoms with van der Waals surface area (Å²) in [5.41, 5.74) is 0. The molecule has 2 atom stereocenters. The van der Waals surface area contributed by atoms with Crippen molar-refractivity contribution in [1.82, 2.24) is 0 Å². The minimum absolute atomic E-state index is 0.182. The van der Waals surface area contributed by atoms with Gasteiger partial charge in [0.15, 0.2) is 6.10 Å². The normalized spacial score (nSPS) is 13.2. The van der Waals surface area contributed by atoms with Crippen LogP contribution in [0, 0.1) is 0 Å². The Morgan fingerprint density at radius 3 is 1.52 bits per heavy atom. The molecule has 0 aromatic heterocycles. The molecule has 0 fully saturated rings. The Hall–Kier alpha value is -2.49. The molecule has 0 saturated heterocycles. The summed E-state index contributed by atoms with van der Waals surface area (Å²) in [7, 11) is 5.94. The number of allylic oxidation sites excluding steroid dienone is 6. The van der Waals surface area contributed by atoms with Crippen molar-refractivity contribution in [3.8, 4) is 0 Å². The van der Waals surface area contributed by atoms with Crippen LogP contribution in [0.25, 0.3) is 0 Å². The molecule has 0 radical (unpaired) electrons. The smallest absolute Gasteiger partial charge is 0.361 e. The van der Waals surface area contributed by atoms with Crippen LogP contribution in [0.1, 0.15) is 187 Å². The first-order valence-corrected chi connectivity index (χ1v) is 22.7. The number of aliphatic carboxylic acids is 1. The van der Waals surface area contributed by atoms with Crippen LogP contribution in [0.5, 0.6) is 0 Å². The highest BCUT2D eigenvalue weighted by molar-refractivity contribution is 5.71. The second kappa shape index (κ2) is 39.3. The summed E-state index contributed by atoms with van der Waals surface area (Å²) in [5, 5.41) is 9.62. The Morgan fingerprint density at radius 2 is 1.02 bits per heavy atom. The summed E-state index contributed by atoms with van der Waals surface area (Å²) in [6.07, 6.45) is 40.7. The van der Waals surface area contributed by atoms with Gasteiger partial charge in [-0.3, -0.25) is 9.59 Å². The third-order valence-corrected chi connectivity index (χ3v) is 9.66. The number of carbonyl (C=O) groups is 3. The second-order valence-electron chi connectivity index (χ2n) is 16.3. The predicted molar refractivity (Wildman–Crippen MR) is 230 cm³/mol. The Labute approximate surface area is 343 Å². The van der Waals surface area contributed by atoms with E-state index in [1.165, 1.54) is 96.3 Å². The van der Waals surface area contributed by atoms with Crippen molar-refractivity contribution in [3.05, 3.63) is 36.5 Å². The number of carboxylic acid groups (broad SMARTS) is 1. The van der Waals surface area contributed by atoms with Gasteiger partial charge in [-0.25, -0.2) is 4.79 Å². The number of nitrogens with zero attached hydrogens (tertiary/aromatic N) is 1. The number of ether oxygens (including phenoxy) is 4. The molecule has 9 nitrogen and oxygen atoms in total. The number of quaternary nitrogens is 1. The molecule has 0 heterocycles. The average Bonchev–Trinajstić information content (AvgIpc) is 3.15. The maximum atomic E-state index is 12.7. The quantitative estimate of drug-likeness (QED) is 0.0214. The van der Waals surface area contributed by atoms with Gasteiger partial charge >= 0.3 is 17.9 Å². The molecule has 0 aliphatic heterocycles. The van der Waals surface area contributed by atoms with E-state index < -0.39 is 24.3 Å². The summed E-state index contributed by atoms with van der Waals surface area (Å²) >= 11 is 0. The van der Waals surface area contributed by atoms with Crippen molar-refractivity contribution in [1.29, 1.82) is 0 Å². The molecule has 56 heavy (non-hydrogen) atoms. The Balaban J connectivity index is 4.41. The summed E-state index contributed by atoms with van der Waals surface area (Å²) < 4.78 is 22.7. The van der Waals surface area contributed by atoms with Crippen LogP contribution >= 0.6 is 0 Å². The number of carbonyl (C=O) groups excluding carboxylic acids is 2. The molecule has 0 amide bonds.